The SMILES string of the molecule is Cn1c(=O)[nH]c2cccc(F)c21. The van der Waals surface area contributed by atoms with Crippen molar-refractivity contribution in [1.82, 2.24) is 9.55 Å². The maximum Gasteiger partial charge on any atom is 0.326 e. The lowest BCUT2D eigenvalue weighted by Gasteiger charge is -1.93. The number of nitrogens with zero attached hydrogens (tertiary/aromatic N) is 1. The number of aromatic nitrogens is 2. The molecule has 0 radical (unpaired) electrons. The Hall–Kier alpha value is -1.58. The van der Waals surface area contributed by atoms with E-state index in [1.165, 1.54) is 17.7 Å². The molecule has 0 aliphatic rings. The fraction of sp³-hybridized carbons (Fsp3) is 0.125. The largest absolute Gasteiger partial charge is 0.326 e. The molecule has 3 nitrogen and oxygen atoms in total. The molecule has 0 atom stereocenters. The number of benzene rings is 1. The highest BCUT2D eigenvalue weighted by molar-refractivity contribution is 5.75. The third kappa shape index (κ3) is 0.777. The molecule has 1 aromatic heterocycles. The number of aromatic amines is 1. The van der Waals surface area contributed by atoms with Crippen LogP contribution in [0.15, 0.2) is 23.0 Å². The number of para-hydroxylation sites is 1. The van der Waals surface area contributed by atoms with Crippen molar-refractivity contribution in [2.75, 3.05) is 0 Å². The number of aryl methyl sites for hydroxylation is 1. The molecule has 0 fully saturated rings. The summed E-state index contributed by atoms with van der Waals surface area (Å²) >= 11 is 0. The number of H-pyrrole nitrogens is 1. The van der Waals surface area contributed by atoms with E-state index in [1.54, 1.807) is 12.1 Å². The van der Waals surface area contributed by atoms with Gasteiger partial charge in [-0.05, 0) is 12.1 Å². The van der Waals surface area contributed by atoms with Crippen LogP contribution in [0.5, 0.6) is 0 Å². The van der Waals surface area contributed by atoms with Gasteiger partial charge in [0, 0.05) is 7.05 Å². The number of nitrogens with one attached hydrogen (secondary N) is 1. The average Bonchev–Trinajstić information content (AvgIpc) is 2.29. The van der Waals surface area contributed by atoms with Crippen LogP contribution in [0.4, 0.5) is 4.39 Å². The minimum absolute atomic E-state index is 0.296. The van der Waals surface area contributed by atoms with Gasteiger partial charge in [0.05, 0.1) is 5.52 Å². The minimum atomic E-state index is -0.381. The Kier molecular flexibility index (Phi) is 1.30. The number of halogens is 1. The zero-order valence-electron chi connectivity index (χ0n) is 6.47. The van der Waals surface area contributed by atoms with Crippen molar-refractivity contribution in [3.8, 4) is 0 Å². The van der Waals surface area contributed by atoms with Gasteiger partial charge in [0.25, 0.3) is 0 Å². The number of hydrogen-bond donors (Lipinski definition) is 1. The molecule has 0 aliphatic carbocycles. The molecule has 2 aromatic rings. The van der Waals surface area contributed by atoms with Gasteiger partial charge in [-0.25, -0.2) is 9.18 Å². The fourth-order valence-corrected chi connectivity index (χ4v) is 1.26. The van der Waals surface area contributed by atoms with Gasteiger partial charge < -0.3 is 4.98 Å². The first-order chi connectivity index (χ1) is 5.70. The Morgan fingerprint density at radius 2 is 2.25 bits per heavy atom. The summed E-state index contributed by atoms with van der Waals surface area (Å²) in [7, 11) is 1.53. The van der Waals surface area contributed by atoms with E-state index < -0.39 is 0 Å². The molecule has 0 bridgehead atoms. The molecule has 12 heavy (non-hydrogen) atoms. The van der Waals surface area contributed by atoms with Crippen LogP contribution < -0.4 is 5.69 Å². The third-order valence-electron chi connectivity index (χ3n) is 1.87. The fourth-order valence-electron chi connectivity index (χ4n) is 1.26. The van der Waals surface area contributed by atoms with Gasteiger partial charge in [-0.3, -0.25) is 4.57 Å². The molecule has 1 aromatic carbocycles. The molecule has 62 valence electrons. The van der Waals surface area contributed by atoms with Gasteiger partial charge in [-0.1, -0.05) is 6.07 Å². The molecule has 0 saturated carbocycles. The maximum absolute atomic E-state index is 13.1. The van der Waals surface area contributed by atoms with Crippen molar-refractivity contribution in [2.24, 2.45) is 7.05 Å². The van der Waals surface area contributed by atoms with E-state index in [2.05, 4.69) is 4.98 Å². The predicted molar refractivity (Wildman–Crippen MR) is 43.5 cm³/mol. The van der Waals surface area contributed by atoms with E-state index >= 15 is 0 Å². The van der Waals surface area contributed by atoms with Crippen LogP contribution in [-0.4, -0.2) is 9.55 Å². The Bertz CT molecular complexity index is 483. The Labute approximate surface area is 67.4 Å². The highest BCUT2D eigenvalue weighted by atomic mass is 19.1. The van der Waals surface area contributed by atoms with Crippen molar-refractivity contribution in [1.29, 1.82) is 0 Å². The first kappa shape index (κ1) is 7.09. The second-order valence-electron chi connectivity index (χ2n) is 2.63. The second-order valence-corrected chi connectivity index (χ2v) is 2.63. The molecule has 0 spiro atoms. The summed E-state index contributed by atoms with van der Waals surface area (Å²) in [4.78, 5) is 13.6. The first-order valence-corrected chi connectivity index (χ1v) is 3.53. The highest BCUT2D eigenvalue weighted by Gasteiger charge is 2.06. The van der Waals surface area contributed by atoms with Crippen molar-refractivity contribution in [3.63, 3.8) is 0 Å². The van der Waals surface area contributed by atoms with Gasteiger partial charge in [0.1, 0.15) is 11.3 Å². The molecular formula is C8H7FN2O. The lowest BCUT2D eigenvalue weighted by molar-refractivity contribution is 0.631. The summed E-state index contributed by atoms with van der Waals surface area (Å²) in [5.74, 6) is -0.381. The van der Waals surface area contributed by atoms with E-state index in [-0.39, 0.29) is 11.5 Å². The summed E-state index contributed by atoms with van der Waals surface area (Å²) in [6.45, 7) is 0. The van der Waals surface area contributed by atoms with Gasteiger partial charge >= 0.3 is 5.69 Å². The normalized spacial score (nSPS) is 10.8. The van der Waals surface area contributed by atoms with Gasteiger partial charge in [0.2, 0.25) is 0 Å². The van der Waals surface area contributed by atoms with E-state index in [0.717, 1.165) is 0 Å². The predicted octanol–water partition coefficient (Wildman–Crippen LogP) is 1.01. The average molecular weight is 166 g/mol. The Morgan fingerprint density at radius 3 is 2.92 bits per heavy atom. The monoisotopic (exact) mass is 166 g/mol. The molecule has 0 unspecified atom stereocenters. The van der Waals surface area contributed by atoms with Gasteiger partial charge in [-0.15, -0.1) is 0 Å². The van der Waals surface area contributed by atoms with Crippen LogP contribution in [0, 0.1) is 5.82 Å². The topological polar surface area (TPSA) is 37.8 Å². The zero-order valence-corrected chi connectivity index (χ0v) is 6.47. The van der Waals surface area contributed by atoms with E-state index in [1.807, 2.05) is 0 Å². The zero-order chi connectivity index (χ0) is 8.72. The van der Waals surface area contributed by atoms with Crippen LogP contribution in [0.25, 0.3) is 11.0 Å². The Balaban J connectivity index is 3.07. The lowest BCUT2D eigenvalue weighted by Crippen LogP contribution is -2.12. The van der Waals surface area contributed by atoms with Gasteiger partial charge in [0.15, 0.2) is 0 Å². The van der Waals surface area contributed by atoms with Gasteiger partial charge in [-0.2, -0.15) is 0 Å². The molecule has 0 amide bonds. The minimum Gasteiger partial charge on any atom is -0.305 e. The van der Waals surface area contributed by atoms with Crippen LogP contribution in [0.1, 0.15) is 0 Å². The van der Waals surface area contributed by atoms with Crippen molar-refractivity contribution >= 4 is 11.0 Å². The number of fused-ring (bicyclic) bond motifs is 1. The molecule has 1 N–H and O–H groups in total. The lowest BCUT2D eigenvalue weighted by atomic mass is 10.3. The van der Waals surface area contributed by atoms with E-state index in [0.29, 0.717) is 11.0 Å². The van der Waals surface area contributed by atoms with E-state index in [4.69, 9.17) is 0 Å². The molecular weight excluding hydrogens is 159 g/mol. The molecule has 2 rings (SSSR count). The first-order valence-electron chi connectivity index (χ1n) is 3.53. The molecule has 4 heteroatoms. The van der Waals surface area contributed by atoms with Crippen LogP contribution in [-0.2, 0) is 7.05 Å². The standard InChI is InChI=1S/C8H7FN2O/c1-11-7-5(9)3-2-4-6(7)10-8(11)12/h2-4H,1H3,(H,10,12). The summed E-state index contributed by atoms with van der Waals surface area (Å²) in [5, 5.41) is 0. The summed E-state index contributed by atoms with van der Waals surface area (Å²) < 4.78 is 14.3. The summed E-state index contributed by atoms with van der Waals surface area (Å²) in [6.07, 6.45) is 0. The maximum atomic E-state index is 13.1. The Morgan fingerprint density at radius 1 is 1.50 bits per heavy atom. The van der Waals surface area contributed by atoms with Crippen molar-refractivity contribution in [2.45, 2.75) is 0 Å². The van der Waals surface area contributed by atoms with Crippen molar-refractivity contribution < 1.29 is 4.39 Å². The summed E-state index contributed by atoms with van der Waals surface area (Å²) in [5.41, 5.74) is 0.556. The summed E-state index contributed by atoms with van der Waals surface area (Å²) in [6, 6.07) is 4.56. The number of rotatable bonds is 0. The molecule has 1 heterocycles. The van der Waals surface area contributed by atoms with E-state index in [9.17, 15) is 9.18 Å². The molecule has 0 aliphatic heterocycles. The smallest absolute Gasteiger partial charge is 0.305 e. The number of hydrogen-bond acceptors (Lipinski definition) is 1. The molecule has 0 saturated heterocycles. The quantitative estimate of drug-likeness (QED) is 0.623. The second kappa shape index (κ2) is 2.20. The highest BCUT2D eigenvalue weighted by Crippen LogP contribution is 2.12. The van der Waals surface area contributed by atoms with Crippen LogP contribution in [0.2, 0.25) is 0 Å². The third-order valence-corrected chi connectivity index (χ3v) is 1.87. The van der Waals surface area contributed by atoms with Crippen LogP contribution >= 0.6 is 0 Å². The van der Waals surface area contributed by atoms with Crippen molar-refractivity contribution in [3.05, 3.63) is 34.5 Å². The number of imidazole rings is 1. The van der Waals surface area contributed by atoms with Crippen LogP contribution in [0.3, 0.4) is 0 Å².